The molecule has 0 aromatic carbocycles. The molecule has 1 saturated heterocycles. The van der Waals surface area contributed by atoms with Crippen LogP contribution in [0.5, 0.6) is 0 Å². The van der Waals surface area contributed by atoms with E-state index in [2.05, 4.69) is 24.9 Å². The average Bonchev–Trinajstić information content (AvgIpc) is 3.48. The predicted molar refractivity (Wildman–Crippen MR) is 109 cm³/mol. The van der Waals surface area contributed by atoms with Crippen molar-refractivity contribution in [3.63, 3.8) is 0 Å². The maximum absolute atomic E-state index is 9.73. The summed E-state index contributed by atoms with van der Waals surface area (Å²) in [4.78, 5) is 11.4. The van der Waals surface area contributed by atoms with Crippen molar-refractivity contribution in [1.82, 2.24) is 24.1 Å². The Morgan fingerprint density at radius 1 is 1.17 bits per heavy atom. The summed E-state index contributed by atoms with van der Waals surface area (Å²) in [6.45, 7) is 0.954. The van der Waals surface area contributed by atoms with Crippen LogP contribution in [0.1, 0.15) is 44.6 Å². The van der Waals surface area contributed by atoms with Crippen molar-refractivity contribution in [3.05, 3.63) is 30.9 Å². The van der Waals surface area contributed by atoms with Gasteiger partial charge in [-0.05, 0) is 50.7 Å². The maximum atomic E-state index is 9.73. The molecule has 1 saturated carbocycles. The molecule has 9 nitrogen and oxygen atoms in total. The SMILES string of the molecule is OCC1CCCN1c1nc(Nc2cn(C3CCC(O)CC3)cn2)c2cccn2n1. The Bertz CT molecular complexity index is 976. The van der Waals surface area contributed by atoms with Crippen LogP contribution in [0.3, 0.4) is 0 Å². The van der Waals surface area contributed by atoms with Gasteiger partial charge in [-0.1, -0.05) is 0 Å². The third-order valence-electron chi connectivity index (χ3n) is 6.16. The molecule has 4 heterocycles. The van der Waals surface area contributed by atoms with Crippen LogP contribution >= 0.6 is 0 Å². The summed E-state index contributed by atoms with van der Waals surface area (Å²) in [6, 6.07) is 4.36. The van der Waals surface area contributed by atoms with Gasteiger partial charge in [0.25, 0.3) is 0 Å². The fourth-order valence-electron chi connectivity index (χ4n) is 4.50. The fourth-order valence-corrected chi connectivity index (χ4v) is 4.50. The van der Waals surface area contributed by atoms with E-state index < -0.39 is 0 Å². The number of aromatic nitrogens is 5. The van der Waals surface area contributed by atoms with Gasteiger partial charge in [0.1, 0.15) is 11.3 Å². The number of anilines is 3. The van der Waals surface area contributed by atoms with E-state index in [0.717, 1.165) is 56.4 Å². The molecule has 1 aliphatic carbocycles. The van der Waals surface area contributed by atoms with E-state index >= 15 is 0 Å². The summed E-state index contributed by atoms with van der Waals surface area (Å²) in [6.07, 6.45) is 11.2. The van der Waals surface area contributed by atoms with E-state index in [9.17, 15) is 10.2 Å². The normalized spacial score (nSPS) is 25.0. The second-order valence-electron chi connectivity index (χ2n) is 8.06. The van der Waals surface area contributed by atoms with Gasteiger partial charge >= 0.3 is 0 Å². The molecule has 0 amide bonds. The van der Waals surface area contributed by atoms with Crippen LogP contribution in [0.2, 0.25) is 0 Å². The van der Waals surface area contributed by atoms with Crippen LogP contribution in [0.25, 0.3) is 5.52 Å². The van der Waals surface area contributed by atoms with Crippen molar-refractivity contribution < 1.29 is 10.2 Å². The van der Waals surface area contributed by atoms with E-state index in [1.807, 2.05) is 35.4 Å². The van der Waals surface area contributed by atoms with Gasteiger partial charge in [0.2, 0.25) is 5.95 Å². The van der Waals surface area contributed by atoms with Crippen molar-refractivity contribution in [3.8, 4) is 0 Å². The largest absolute Gasteiger partial charge is 0.394 e. The number of hydrogen-bond donors (Lipinski definition) is 3. The van der Waals surface area contributed by atoms with Gasteiger partial charge in [-0.2, -0.15) is 4.98 Å². The number of aliphatic hydroxyl groups is 2. The Labute approximate surface area is 169 Å². The highest BCUT2D eigenvalue weighted by Gasteiger charge is 2.27. The molecule has 1 unspecified atom stereocenters. The predicted octanol–water partition coefficient (Wildman–Crippen LogP) is 2.11. The maximum Gasteiger partial charge on any atom is 0.245 e. The molecule has 1 atom stereocenters. The lowest BCUT2D eigenvalue weighted by molar-refractivity contribution is 0.110. The molecule has 0 spiro atoms. The minimum atomic E-state index is -0.164. The molecular formula is C20H27N7O2. The Kier molecular flexibility index (Phi) is 4.84. The van der Waals surface area contributed by atoms with Gasteiger partial charge in [-0.3, -0.25) is 0 Å². The second kappa shape index (κ2) is 7.64. The zero-order chi connectivity index (χ0) is 19.8. The average molecular weight is 397 g/mol. The van der Waals surface area contributed by atoms with Gasteiger partial charge in [-0.25, -0.2) is 9.50 Å². The number of hydrogen-bond acceptors (Lipinski definition) is 7. The van der Waals surface area contributed by atoms with Crippen molar-refractivity contribution in [1.29, 1.82) is 0 Å². The fraction of sp³-hybridized carbons (Fsp3) is 0.550. The van der Waals surface area contributed by atoms with E-state index in [0.29, 0.717) is 17.8 Å². The van der Waals surface area contributed by atoms with E-state index in [4.69, 9.17) is 4.98 Å². The summed E-state index contributed by atoms with van der Waals surface area (Å²) in [7, 11) is 0. The summed E-state index contributed by atoms with van der Waals surface area (Å²) in [5.74, 6) is 2.06. The molecule has 2 fully saturated rings. The van der Waals surface area contributed by atoms with E-state index in [1.165, 1.54) is 0 Å². The minimum absolute atomic E-state index is 0.0664. The Balaban J connectivity index is 1.41. The zero-order valence-corrected chi connectivity index (χ0v) is 16.4. The third-order valence-corrected chi connectivity index (χ3v) is 6.16. The standard InChI is InChI=1S/C20H27N7O2/c28-12-15-3-1-9-26(15)20-23-19(17-4-2-10-27(17)24-20)22-18-11-25(13-21-18)14-5-7-16(29)8-6-14/h2,4,10-11,13-16,28-29H,1,3,5-9,12H2,(H,22,23,24). The lowest BCUT2D eigenvalue weighted by atomic mass is 9.93. The van der Waals surface area contributed by atoms with Crippen LogP contribution in [-0.2, 0) is 0 Å². The number of fused-ring (bicyclic) bond motifs is 1. The molecule has 0 radical (unpaired) electrons. The Morgan fingerprint density at radius 2 is 2.03 bits per heavy atom. The van der Waals surface area contributed by atoms with Crippen LogP contribution in [0, 0.1) is 0 Å². The van der Waals surface area contributed by atoms with Gasteiger partial charge in [0.15, 0.2) is 5.82 Å². The number of imidazole rings is 1. The minimum Gasteiger partial charge on any atom is -0.394 e. The van der Waals surface area contributed by atoms with Crippen LogP contribution < -0.4 is 10.2 Å². The van der Waals surface area contributed by atoms with Gasteiger partial charge in [0, 0.05) is 25.0 Å². The number of nitrogens with zero attached hydrogens (tertiary/aromatic N) is 6. The van der Waals surface area contributed by atoms with Crippen LogP contribution in [0.4, 0.5) is 17.6 Å². The molecule has 1 aliphatic heterocycles. The van der Waals surface area contributed by atoms with Crippen molar-refractivity contribution in [2.45, 2.75) is 56.7 Å². The summed E-state index contributed by atoms with van der Waals surface area (Å²) >= 11 is 0. The first-order valence-corrected chi connectivity index (χ1v) is 10.4. The van der Waals surface area contributed by atoms with Crippen molar-refractivity contribution in [2.24, 2.45) is 0 Å². The first-order chi connectivity index (χ1) is 14.2. The topological polar surface area (TPSA) is 104 Å². The highest BCUT2D eigenvalue weighted by molar-refractivity contribution is 5.73. The van der Waals surface area contributed by atoms with Crippen molar-refractivity contribution in [2.75, 3.05) is 23.4 Å². The van der Waals surface area contributed by atoms with Crippen LogP contribution in [0.15, 0.2) is 30.9 Å². The molecule has 2 aliphatic rings. The molecule has 29 heavy (non-hydrogen) atoms. The second-order valence-corrected chi connectivity index (χ2v) is 8.06. The molecule has 3 N–H and O–H groups in total. The first kappa shape index (κ1) is 18.4. The summed E-state index contributed by atoms with van der Waals surface area (Å²) in [5, 5.41) is 27.4. The Morgan fingerprint density at radius 3 is 2.86 bits per heavy atom. The van der Waals surface area contributed by atoms with Crippen molar-refractivity contribution >= 4 is 23.1 Å². The molecule has 3 aromatic heterocycles. The quantitative estimate of drug-likeness (QED) is 0.606. The number of aliphatic hydroxyl groups excluding tert-OH is 2. The molecule has 3 aromatic rings. The number of rotatable bonds is 5. The molecule has 0 bridgehead atoms. The highest BCUT2D eigenvalue weighted by atomic mass is 16.3. The zero-order valence-electron chi connectivity index (χ0n) is 16.4. The monoisotopic (exact) mass is 397 g/mol. The van der Waals surface area contributed by atoms with Gasteiger partial charge in [-0.15, -0.1) is 5.10 Å². The van der Waals surface area contributed by atoms with E-state index in [-0.39, 0.29) is 18.8 Å². The lowest BCUT2D eigenvalue weighted by Gasteiger charge is -2.26. The van der Waals surface area contributed by atoms with Crippen LogP contribution in [-0.4, -0.2) is 59.7 Å². The summed E-state index contributed by atoms with van der Waals surface area (Å²) in [5.41, 5.74) is 0.879. The molecule has 154 valence electrons. The smallest absolute Gasteiger partial charge is 0.245 e. The molecule has 9 heteroatoms. The van der Waals surface area contributed by atoms with E-state index in [1.54, 1.807) is 0 Å². The number of nitrogens with one attached hydrogen (secondary N) is 1. The van der Waals surface area contributed by atoms with Gasteiger partial charge in [0.05, 0.1) is 25.1 Å². The Hall–Kier alpha value is -2.65. The third kappa shape index (κ3) is 3.56. The molecular weight excluding hydrogens is 370 g/mol. The first-order valence-electron chi connectivity index (χ1n) is 10.4. The molecule has 5 rings (SSSR count). The summed E-state index contributed by atoms with van der Waals surface area (Å²) < 4.78 is 3.95. The lowest BCUT2D eigenvalue weighted by Crippen LogP contribution is -2.34. The van der Waals surface area contributed by atoms with Gasteiger partial charge < -0.3 is 25.0 Å². The highest BCUT2D eigenvalue weighted by Crippen LogP contribution is 2.30.